The van der Waals surface area contributed by atoms with Crippen LogP contribution < -0.4 is 5.32 Å². The molecule has 0 spiro atoms. The number of halogens is 2. The Morgan fingerprint density at radius 1 is 0.885 bits per heavy atom. The zero-order valence-corrected chi connectivity index (χ0v) is 16.1. The Balaban J connectivity index is 1.40. The zero-order valence-electron chi connectivity index (χ0n) is 14.6. The summed E-state index contributed by atoms with van der Waals surface area (Å²) in [5.41, 5.74) is 1.84. The van der Waals surface area contributed by atoms with Gasteiger partial charge in [0.1, 0.15) is 0 Å². The van der Waals surface area contributed by atoms with Crippen molar-refractivity contribution in [2.45, 2.75) is 13.0 Å². The van der Waals surface area contributed by atoms with E-state index < -0.39 is 0 Å². The topological polar surface area (TPSA) is 35.6 Å². The Labute approximate surface area is 164 Å². The van der Waals surface area contributed by atoms with Crippen LogP contribution in [0.15, 0.2) is 48.5 Å². The van der Waals surface area contributed by atoms with Crippen LogP contribution in [0.2, 0.25) is 10.0 Å². The van der Waals surface area contributed by atoms with Crippen molar-refractivity contribution < 1.29 is 4.79 Å². The summed E-state index contributed by atoms with van der Waals surface area (Å²) in [6.45, 7) is 5.73. The maximum Gasteiger partial charge on any atom is 0.225 e. The van der Waals surface area contributed by atoms with Crippen LogP contribution in [-0.2, 0) is 11.3 Å². The minimum atomic E-state index is -0.0632. The van der Waals surface area contributed by atoms with Crippen molar-refractivity contribution >= 4 is 34.8 Å². The molecular weight excluding hydrogens is 369 g/mol. The highest BCUT2D eigenvalue weighted by Gasteiger charge is 2.18. The molecule has 6 heteroatoms. The van der Waals surface area contributed by atoms with Gasteiger partial charge < -0.3 is 10.2 Å². The average Bonchev–Trinajstić information content (AvgIpc) is 2.65. The molecule has 1 N–H and O–H groups in total. The molecule has 0 radical (unpaired) electrons. The molecule has 2 aromatic carbocycles. The van der Waals surface area contributed by atoms with Crippen molar-refractivity contribution in [2.75, 3.05) is 38.0 Å². The monoisotopic (exact) mass is 391 g/mol. The van der Waals surface area contributed by atoms with Gasteiger partial charge in [0.15, 0.2) is 0 Å². The second kappa shape index (κ2) is 9.38. The third-order valence-electron chi connectivity index (χ3n) is 4.60. The van der Waals surface area contributed by atoms with Crippen LogP contribution in [-0.4, -0.2) is 48.4 Å². The molecule has 3 rings (SSSR count). The molecule has 0 saturated carbocycles. The van der Waals surface area contributed by atoms with E-state index in [1.54, 1.807) is 18.2 Å². The van der Waals surface area contributed by atoms with Gasteiger partial charge in [-0.1, -0.05) is 59.6 Å². The first-order valence-electron chi connectivity index (χ1n) is 8.84. The van der Waals surface area contributed by atoms with Gasteiger partial charge in [0.05, 0.1) is 15.7 Å². The van der Waals surface area contributed by atoms with Crippen LogP contribution in [0.3, 0.4) is 0 Å². The molecule has 1 heterocycles. The minimum Gasteiger partial charge on any atom is -0.324 e. The van der Waals surface area contributed by atoms with Gasteiger partial charge >= 0.3 is 0 Å². The molecule has 0 aliphatic carbocycles. The van der Waals surface area contributed by atoms with Crippen molar-refractivity contribution in [3.05, 3.63) is 64.1 Å². The number of nitrogens with one attached hydrogen (secondary N) is 1. The number of carbonyl (C=O) groups is 1. The quantitative estimate of drug-likeness (QED) is 0.803. The summed E-state index contributed by atoms with van der Waals surface area (Å²) in [5, 5.41) is 3.74. The van der Waals surface area contributed by atoms with Crippen molar-refractivity contribution in [3.63, 3.8) is 0 Å². The Morgan fingerprint density at radius 3 is 2.15 bits per heavy atom. The number of amides is 1. The van der Waals surface area contributed by atoms with Crippen LogP contribution >= 0.6 is 23.2 Å². The van der Waals surface area contributed by atoms with Gasteiger partial charge in [-0.3, -0.25) is 9.69 Å². The molecule has 1 aliphatic heterocycles. The molecular formula is C20H23Cl2N3O. The number of benzene rings is 2. The van der Waals surface area contributed by atoms with Gasteiger partial charge in [0.25, 0.3) is 0 Å². The first-order chi connectivity index (χ1) is 12.6. The Bertz CT molecular complexity index is 711. The van der Waals surface area contributed by atoms with Gasteiger partial charge in [-0.15, -0.1) is 0 Å². The average molecular weight is 392 g/mol. The number of carbonyl (C=O) groups excluding carboxylic acids is 1. The smallest absolute Gasteiger partial charge is 0.225 e. The molecule has 26 heavy (non-hydrogen) atoms. The molecule has 0 atom stereocenters. The number of hydrogen-bond donors (Lipinski definition) is 1. The largest absolute Gasteiger partial charge is 0.324 e. The van der Waals surface area contributed by atoms with Gasteiger partial charge in [0, 0.05) is 45.7 Å². The van der Waals surface area contributed by atoms with Gasteiger partial charge in [0.2, 0.25) is 5.91 Å². The first kappa shape index (κ1) is 19.2. The van der Waals surface area contributed by atoms with Crippen LogP contribution in [0.25, 0.3) is 0 Å². The highest BCUT2D eigenvalue weighted by molar-refractivity contribution is 6.39. The molecule has 0 aromatic heterocycles. The third kappa shape index (κ3) is 5.45. The fourth-order valence-electron chi connectivity index (χ4n) is 3.09. The van der Waals surface area contributed by atoms with Crippen LogP contribution in [0.1, 0.15) is 12.0 Å². The molecule has 2 aromatic rings. The number of hydrogen-bond acceptors (Lipinski definition) is 3. The SMILES string of the molecule is O=C(CCN1CCN(Cc2ccccc2)CC1)Nc1c(Cl)cccc1Cl. The summed E-state index contributed by atoms with van der Waals surface area (Å²) in [6.07, 6.45) is 0.431. The third-order valence-corrected chi connectivity index (χ3v) is 5.23. The van der Waals surface area contributed by atoms with E-state index in [0.717, 1.165) is 39.3 Å². The van der Waals surface area contributed by atoms with Crippen molar-refractivity contribution in [1.29, 1.82) is 0 Å². The molecule has 4 nitrogen and oxygen atoms in total. The van der Waals surface area contributed by atoms with Crippen LogP contribution in [0.4, 0.5) is 5.69 Å². The summed E-state index contributed by atoms with van der Waals surface area (Å²) in [5.74, 6) is -0.0632. The lowest BCUT2D eigenvalue weighted by Gasteiger charge is -2.34. The van der Waals surface area contributed by atoms with E-state index in [9.17, 15) is 4.79 Å². The van der Waals surface area contributed by atoms with E-state index in [0.29, 0.717) is 22.2 Å². The summed E-state index contributed by atoms with van der Waals surface area (Å²) in [7, 11) is 0. The van der Waals surface area contributed by atoms with E-state index in [1.165, 1.54) is 5.56 Å². The second-order valence-corrected chi connectivity index (χ2v) is 7.31. The predicted octanol–water partition coefficient (Wildman–Crippen LogP) is 4.14. The van der Waals surface area contributed by atoms with Gasteiger partial charge in [-0.05, 0) is 17.7 Å². The maximum absolute atomic E-state index is 12.2. The fourth-order valence-corrected chi connectivity index (χ4v) is 3.58. The van der Waals surface area contributed by atoms with Crippen molar-refractivity contribution in [2.24, 2.45) is 0 Å². The Morgan fingerprint density at radius 2 is 1.50 bits per heavy atom. The number of nitrogens with zero attached hydrogens (tertiary/aromatic N) is 2. The van der Waals surface area contributed by atoms with E-state index in [4.69, 9.17) is 23.2 Å². The second-order valence-electron chi connectivity index (χ2n) is 6.50. The lowest BCUT2D eigenvalue weighted by Crippen LogP contribution is -2.46. The van der Waals surface area contributed by atoms with E-state index in [1.807, 2.05) is 6.07 Å². The lowest BCUT2D eigenvalue weighted by atomic mass is 10.2. The van der Waals surface area contributed by atoms with Crippen molar-refractivity contribution in [3.8, 4) is 0 Å². The molecule has 1 aliphatic rings. The highest BCUT2D eigenvalue weighted by Crippen LogP contribution is 2.29. The number of para-hydroxylation sites is 1. The standard InChI is InChI=1S/C20H23Cl2N3O/c21-17-7-4-8-18(22)20(17)23-19(26)9-10-24-11-13-25(14-12-24)15-16-5-2-1-3-6-16/h1-8H,9-15H2,(H,23,26). The van der Waals surface area contributed by atoms with E-state index in [2.05, 4.69) is 39.4 Å². The van der Waals surface area contributed by atoms with Crippen molar-refractivity contribution in [1.82, 2.24) is 9.80 Å². The molecule has 1 amide bonds. The fraction of sp³-hybridized carbons (Fsp3) is 0.350. The number of piperazine rings is 1. The maximum atomic E-state index is 12.2. The van der Waals surface area contributed by atoms with E-state index >= 15 is 0 Å². The number of anilines is 1. The highest BCUT2D eigenvalue weighted by atomic mass is 35.5. The summed E-state index contributed by atoms with van der Waals surface area (Å²) >= 11 is 12.2. The Kier molecular flexibility index (Phi) is 6.92. The van der Waals surface area contributed by atoms with Gasteiger partial charge in [-0.2, -0.15) is 0 Å². The number of rotatable bonds is 6. The molecule has 138 valence electrons. The lowest BCUT2D eigenvalue weighted by molar-refractivity contribution is -0.116. The predicted molar refractivity (Wildman–Crippen MR) is 108 cm³/mol. The molecule has 0 bridgehead atoms. The minimum absolute atomic E-state index is 0.0632. The summed E-state index contributed by atoms with van der Waals surface area (Å²) in [6, 6.07) is 15.7. The molecule has 1 fully saturated rings. The Hall–Kier alpha value is -1.59. The first-order valence-corrected chi connectivity index (χ1v) is 9.60. The molecule has 0 unspecified atom stereocenters. The van der Waals surface area contributed by atoms with Crippen LogP contribution in [0.5, 0.6) is 0 Å². The van der Waals surface area contributed by atoms with Gasteiger partial charge in [-0.25, -0.2) is 0 Å². The van der Waals surface area contributed by atoms with Crippen LogP contribution in [0, 0.1) is 0 Å². The molecule has 1 saturated heterocycles. The summed E-state index contributed by atoms with van der Waals surface area (Å²) in [4.78, 5) is 17.0. The normalized spacial score (nSPS) is 15.8. The zero-order chi connectivity index (χ0) is 18.4. The van der Waals surface area contributed by atoms with E-state index in [-0.39, 0.29) is 5.91 Å². The summed E-state index contributed by atoms with van der Waals surface area (Å²) < 4.78 is 0.